The monoisotopic (exact) mass is 292 g/mol. The second-order valence-electron chi connectivity index (χ2n) is 8.36. The lowest BCUT2D eigenvalue weighted by Gasteiger charge is -2.57. The number of rotatable bonds is 3. The maximum absolute atomic E-state index is 12.3. The highest BCUT2D eigenvalue weighted by molar-refractivity contribution is 5.74. The van der Waals surface area contributed by atoms with Gasteiger partial charge in [-0.05, 0) is 68.1 Å². The van der Waals surface area contributed by atoms with Crippen LogP contribution in [0, 0.1) is 29.1 Å². The van der Waals surface area contributed by atoms with Gasteiger partial charge in [-0.3, -0.25) is 0 Å². The Labute approximate surface area is 127 Å². The van der Waals surface area contributed by atoms with E-state index in [0.717, 1.165) is 43.8 Å². The van der Waals surface area contributed by atoms with Gasteiger partial charge in [0.15, 0.2) is 0 Å². The Morgan fingerprint density at radius 1 is 1.14 bits per heavy atom. The fourth-order valence-electron chi connectivity index (χ4n) is 6.05. The molecule has 4 nitrogen and oxygen atoms in total. The maximum atomic E-state index is 12.3. The van der Waals surface area contributed by atoms with Crippen LogP contribution < -0.4 is 5.32 Å². The van der Waals surface area contributed by atoms with E-state index >= 15 is 0 Å². The molecular weight excluding hydrogens is 264 g/mol. The van der Waals surface area contributed by atoms with E-state index in [1.807, 2.05) is 4.90 Å². The summed E-state index contributed by atoms with van der Waals surface area (Å²) in [5.74, 6) is 3.12. The minimum absolute atomic E-state index is 0.0988. The van der Waals surface area contributed by atoms with Crippen LogP contribution in [0.15, 0.2) is 0 Å². The highest BCUT2D eigenvalue weighted by Crippen LogP contribution is 2.59. The molecule has 4 heteroatoms. The molecule has 4 bridgehead atoms. The summed E-state index contributed by atoms with van der Waals surface area (Å²) in [6, 6.07) is 0.0988. The molecule has 1 heterocycles. The zero-order valence-electron chi connectivity index (χ0n) is 12.9. The van der Waals surface area contributed by atoms with Gasteiger partial charge in [-0.25, -0.2) is 4.79 Å². The molecule has 5 aliphatic rings. The number of carbonyl (C=O) groups excluding carboxylic acids is 1. The molecule has 4 saturated carbocycles. The van der Waals surface area contributed by atoms with Crippen molar-refractivity contribution < 1.29 is 9.90 Å². The molecule has 0 aromatic carbocycles. The third-order valence-corrected chi connectivity index (χ3v) is 6.61. The van der Waals surface area contributed by atoms with Crippen LogP contribution in [-0.4, -0.2) is 42.3 Å². The molecule has 2 N–H and O–H groups in total. The predicted molar refractivity (Wildman–Crippen MR) is 80.8 cm³/mol. The highest BCUT2D eigenvalue weighted by atomic mass is 16.3. The van der Waals surface area contributed by atoms with Crippen LogP contribution in [0.3, 0.4) is 0 Å². The van der Waals surface area contributed by atoms with Crippen LogP contribution in [0.2, 0.25) is 0 Å². The largest absolute Gasteiger partial charge is 0.396 e. The van der Waals surface area contributed by atoms with Crippen molar-refractivity contribution in [2.45, 2.75) is 44.9 Å². The van der Waals surface area contributed by atoms with Gasteiger partial charge >= 0.3 is 6.03 Å². The third-order valence-electron chi connectivity index (χ3n) is 6.61. The highest BCUT2D eigenvalue weighted by Gasteiger charge is 2.50. The first kappa shape index (κ1) is 13.9. The minimum atomic E-state index is 0.0988. The Bertz CT molecular complexity index is 388. The quantitative estimate of drug-likeness (QED) is 0.838. The number of nitrogens with zero attached hydrogens (tertiary/aromatic N) is 1. The van der Waals surface area contributed by atoms with E-state index in [0.29, 0.717) is 5.41 Å². The van der Waals surface area contributed by atoms with Gasteiger partial charge < -0.3 is 15.3 Å². The Morgan fingerprint density at radius 2 is 1.76 bits per heavy atom. The molecule has 21 heavy (non-hydrogen) atoms. The smallest absolute Gasteiger partial charge is 0.317 e. The molecule has 1 aliphatic heterocycles. The molecule has 0 aromatic rings. The van der Waals surface area contributed by atoms with E-state index in [2.05, 4.69) is 5.32 Å². The number of likely N-dealkylation sites (tertiary alicyclic amines) is 1. The zero-order chi connectivity index (χ0) is 14.4. The molecule has 1 unspecified atom stereocenters. The van der Waals surface area contributed by atoms with E-state index in [9.17, 15) is 9.90 Å². The normalized spacial score (nSPS) is 44.3. The molecule has 118 valence electrons. The summed E-state index contributed by atoms with van der Waals surface area (Å²) in [7, 11) is 0. The van der Waals surface area contributed by atoms with Crippen molar-refractivity contribution in [3.63, 3.8) is 0 Å². The molecule has 1 saturated heterocycles. The zero-order valence-corrected chi connectivity index (χ0v) is 12.9. The standard InChI is InChI=1S/C17H28N2O2/c20-10-12-1-2-19(9-12)16(21)18-11-17-6-13-3-14(7-17)5-15(4-13)8-17/h12-15,20H,1-11H2,(H,18,21). The van der Waals surface area contributed by atoms with E-state index < -0.39 is 0 Å². The van der Waals surface area contributed by atoms with E-state index in [-0.39, 0.29) is 18.6 Å². The van der Waals surface area contributed by atoms with Gasteiger partial charge in [0.1, 0.15) is 0 Å². The number of aliphatic hydroxyl groups excluding tert-OH is 1. The molecule has 0 radical (unpaired) electrons. The SMILES string of the molecule is O=C(NCC12CC3CC(CC(C3)C1)C2)N1CCC(CO)C1. The summed E-state index contributed by atoms with van der Waals surface area (Å²) >= 11 is 0. The molecule has 0 spiro atoms. The van der Waals surface area contributed by atoms with Crippen molar-refractivity contribution in [3.05, 3.63) is 0 Å². The minimum Gasteiger partial charge on any atom is -0.396 e. The second kappa shape index (κ2) is 5.15. The summed E-state index contributed by atoms with van der Waals surface area (Å²) in [4.78, 5) is 14.2. The first-order valence-electron chi connectivity index (χ1n) is 8.79. The van der Waals surface area contributed by atoms with Gasteiger partial charge in [0, 0.05) is 32.2 Å². The molecule has 5 rings (SSSR count). The lowest BCUT2D eigenvalue weighted by Crippen LogP contribution is -2.52. The van der Waals surface area contributed by atoms with E-state index in [1.165, 1.54) is 38.5 Å². The van der Waals surface area contributed by atoms with Gasteiger partial charge in [-0.2, -0.15) is 0 Å². The second-order valence-corrected chi connectivity index (χ2v) is 8.36. The Hall–Kier alpha value is -0.770. The van der Waals surface area contributed by atoms with Crippen LogP contribution in [0.4, 0.5) is 4.79 Å². The van der Waals surface area contributed by atoms with Gasteiger partial charge in [0.25, 0.3) is 0 Å². The Balaban J connectivity index is 1.33. The topological polar surface area (TPSA) is 52.6 Å². The number of hydrogen-bond donors (Lipinski definition) is 2. The molecule has 1 atom stereocenters. The predicted octanol–water partition coefficient (Wildman–Crippen LogP) is 2.23. The van der Waals surface area contributed by atoms with Gasteiger partial charge in [-0.15, -0.1) is 0 Å². The summed E-state index contributed by atoms with van der Waals surface area (Å²) in [5.41, 5.74) is 0.417. The molecule has 4 aliphatic carbocycles. The number of amides is 2. The average molecular weight is 292 g/mol. The van der Waals surface area contributed by atoms with E-state index in [1.54, 1.807) is 0 Å². The van der Waals surface area contributed by atoms with Crippen molar-refractivity contribution in [2.24, 2.45) is 29.1 Å². The van der Waals surface area contributed by atoms with Crippen molar-refractivity contribution in [1.82, 2.24) is 10.2 Å². The van der Waals surface area contributed by atoms with Crippen molar-refractivity contribution in [1.29, 1.82) is 0 Å². The van der Waals surface area contributed by atoms with E-state index in [4.69, 9.17) is 0 Å². The van der Waals surface area contributed by atoms with Crippen molar-refractivity contribution >= 4 is 6.03 Å². The van der Waals surface area contributed by atoms with Crippen LogP contribution in [0.5, 0.6) is 0 Å². The summed E-state index contributed by atoms with van der Waals surface area (Å²) in [6.07, 6.45) is 9.35. The fourth-order valence-corrected chi connectivity index (χ4v) is 6.05. The molecule has 5 fully saturated rings. The lowest BCUT2D eigenvalue weighted by atomic mass is 9.49. The summed E-state index contributed by atoms with van der Waals surface area (Å²) in [6.45, 7) is 2.62. The van der Waals surface area contributed by atoms with Crippen LogP contribution >= 0.6 is 0 Å². The molecule has 0 aromatic heterocycles. The number of nitrogens with one attached hydrogen (secondary N) is 1. The Morgan fingerprint density at radius 3 is 2.29 bits per heavy atom. The lowest BCUT2D eigenvalue weighted by molar-refractivity contribution is -0.0502. The Kier molecular flexibility index (Phi) is 3.40. The van der Waals surface area contributed by atoms with Gasteiger partial charge in [-0.1, -0.05) is 0 Å². The third kappa shape index (κ3) is 2.56. The van der Waals surface area contributed by atoms with Crippen molar-refractivity contribution in [2.75, 3.05) is 26.2 Å². The number of urea groups is 1. The number of aliphatic hydroxyl groups is 1. The van der Waals surface area contributed by atoms with Gasteiger partial charge in [0.2, 0.25) is 0 Å². The average Bonchev–Trinajstić information content (AvgIpc) is 2.92. The maximum Gasteiger partial charge on any atom is 0.317 e. The first-order valence-corrected chi connectivity index (χ1v) is 8.79. The van der Waals surface area contributed by atoms with Crippen LogP contribution in [0.1, 0.15) is 44.9 Å². The van der Waals surface area contributed by atoms with Gasteiger partial charge in [0.05, 0.1) is 0 Å². The molecule has 2 amide bonds. The van der Waals surface area contributed by atoms with Crippen LogP contribution in [-0.2, 0) is 0 Å². The fraction of sp³-hybridized carbons (Fsp3) is 0.941. The van der Waals surface area contributed by atoms with Crippen molar-refractivity contribution in [3.8, 4) is 0 Å². The summed E-state index contributed by atoms with van der Waals surface area (Å²) < 4.78 is 0. The molecular formula is C17H28N2O2. The first-order chi connectivity index (χ1) is 10.2. The number of hydrogen-bond acceptors (Lipinski definition) is 2. The summed E-state index contributed by atoms with van der Waals surface area (Å²) in [5, 5.41) is 12.4. The number of carbonyl (C=O) groups is 1. The van der Waals surface area contributed by atoms with Crippen LogP contribution in [0.25, 0.3) is 0 Å².